The largest absolute Gasteiger partial charge is 0.354 e. The van der Waals surface area contributed by atoms with Gasteiger partial charge < -0.3 is 10.2 Å². The maximum atomic E-state index is 13.8. The minimum Gasteiger partial charge on any atom is -0.354 e. The van der Waals surface area contributed by atoms with E-state index in [9.17, 15) is 14.0 Å². The van der Waals surface area contributed by atoms with Gasteiger partial charge in [0.15, 0.2) is 0 Å². The molecule has 3 saturated heterocycles. The lowest BCUT2D eigenvalue weighted by atomic mass is 9.72. The number of halogens is 2. The first-order valence-corrected chi connectivity index (χ1v) is 10.5. The summed E-state index contributed by atoms with van der Waals surface area (Å²) < 4.78 is 13.8. The first-order valence-electron chi connectivity index (χ1n) is 10.1. The zero-order chi connectivity index (χ0) is 19.8. The molecule has 1 aromatic rings. The summed E-state index contributed by atoms with van der Waals surface area (Å²) in [6.45, 7) is 4.47. The van der Waals surface area contributed by atoms with Crippen molar-refractivity contribution in [3.63, 3.8) is 0 Å². The van der Waals surface area contributed by atoms with Crippen molar-refractivity contribution in [3.05, 3.63) is 34.6 Å². The molecule has 7 heteroatoms. The van der Waals surface area contributed by atoms with Crippen LogP contribution in [0.25, 0.3) is 0 Å². The number of hydrogen-bond acceptors (Lipinski definition) is 3. The molecule has 0 saturated carbocycles. The highest BCUT2D eigenvalue weighted by Gasteiger charge is 2.49. The summed E-state index contributed by atoms with van der Waals surface area (Å²) in [4.78, 5) is 28.7. The van der Waals surface area contributed by atoms with Crippen LogP contribution in [0.15, 0.2) is 18.2 Å². The van der Waals surface area contributed by atoms with Gasteiger partial charge in [0, 0.05) is 45.6 Å². The Morgan fingerprint density at radius 2 is 2.11 bits per heavy atom. The lowest BCUT2D eigenvalue weighted by molar-refractivity contribution is -0.153. The number of nitrogens with one attached hydrogen (secondary N) is 1. The van der Waals surface area contributed by atoms with Gasteiger partial charge in [-0.25, -0.2) is 4.39 Å². The number of piperidine rings is 3. The van der Waals surface area contributed by atoms with Crippen molar-refractivity contribution >= 4 is 23.4 Å². The third-order valence-corrected chi connectivity index (χ3v) is 6.83. The summed E-state index contributed by atoms with van der Waals surface area (Å²) >= 11 is 5.81. The van der Waals surface area contributed by atoms with Crippen LogP contribution in [0.2, 0.25) is 5.02 Å². The van der Waals surface area contributed by atoms with Gasteiger partial charge in [0.2, 0.25) is 11.8 Å². The first kappa shape index (κ1) is 19.6. The SMILES string of the molecule is CC(=O)NC[C@H]1[C@H]2C[C@H](CN(Cc3ccc(Cl)c(F)c3)C2)[C@@H]2CCCC(=O)N21. The molecule has 0 spiro atoms. The van der Waals surface area contributed by atoms with Gasteiger partial charge in [-0.2, -0.15) is 0 Å². The number of rotatable bonds is 4. The third kappa shape index (κ3) is 3.90. The topological polar surface area (TPSA) is 52.7 Å². The van der Waals surface area contributed by atoms with Gasteiger partial charge >= 0.3 is 0 Å². The van der Waals surface area contributed by atoms with Gasteiger partial charge in [0.25, 0.3) is 0 Å². The number of carbonyl (C=O) groups is 2. The Hall–Kier alpha value is -1.66. The monoisotopic (exact) mass is 407 g/mol. The number of amides is 2. The summed E-state index contributed by atoms with van der Waals surface area (Å²) in [5, 5.41) is 3.08. The summed E-state index contributed by atoms with van der Waals surface area (Å²) in [6.07, 6.45) is 3.67. The maximum Gasteiger partial charge on any atom is 0.223 e. The van der Waals surface area contributed by atoms with Crippen LogP contribution in [-0.4, -0.2) is 53.3 Å². The standard InChI is InChI=1S/C21H27ClFN3O2/c1-13(27)24-9-20-16-8-15(19-3-2-4-21(28)26(19)20)11-25(12-16)10-14-5-6-17(22)18(23)7-14/h5-7,15-16,19-20H,2-4,8-12H2,1H3,(H,24,27)/t15-,16+,19+,20+/m1/s1. The molecule has 3 aliphatic heterocycles. The predicted octanol–water partition coefficient (Wildman–Crippen LogP) is 2.82. The molecule has 28 heavy (non-hydrogen) atoms. The number of carbonyl (C=O) groups excluding carboxylic acids is 2. The lowest BCUT2D eigenvalue weighted by Gasteiger charge is -2.56. The van der Waals surface area contributed by atoms with Crippen LogP contribution in [0, 0.1) is 17.7 Å². The van der Waals surface area contributed by atoms with Gasteiger partial charge in [-0.3, -0.25) is 14.5 Å². The van der Waals surface area contributed by atoms with Crippen molar-refractivity contribution in [3.8, 4) is 0 Å². The Morgan fingerprint density at radius 1 is 1.32 bits per heavy atom. The van der Waals surface area contributed by atoms with E-state index in [2.05, 4.69) is 15.1 Å². The summed E-state index contributed by atoms with van der Waals surface area (Å²) in [5.74, 6) is 0.542. The zero-order valence-corrected chi connectivity index (χ0v) is 16.9. The Balaban J connectivity index is 1.53. The van der Waals surface area contributed by atoms with E-state index in [0.29, 0.717) is 31.3 Å². The number of likely N-dealkylation sites (tertiary alicyclic amines) is 1. The maximum absolute atomic E-state index is 13.8. The molecule has 5 nitrogen and oxygen atoms in total. The Morgan fingerprint density at radius 3 is 2.86 bits per heavy atom. The molecule has 0 aromatic heterocycles. The summed E-state index contributed by atoms with van der Waals surface area (Å²) in [6, 6.07) is 5.29. The molecule has 2 amide bonds. The van der Waals surface area contributed by atoms with Crippen molar-refractivity contribution in [2.45, 2.75) is 51.2 Å². The fourth-order valence-electron chi connectivity index (χ4n) is 5.41. The van der Waals surface area contributed by atoms with E-state index in [-0.39, 0.29) is 34.7 Å². The van der Waals surface area contributed by atoms with Gasteiger partial charge in [0.1, 0.15) is 5.82 Å². The van der Waals surface area contributed by atoms with E-state index in [4.69, 9.17) is 11.6 Å². The van der Waals surface area contributed by atoms with Gasteiger partial charge in [-0.05, 0) is 48.8 Å². The van der Waals surface area contributed by atoms with Crippen LogP contribution in [0.4, 0.5) is 4.39 Å². The van der Waals surface area contributed by atoms with Crippen LogP contribution in [0.3, 0.4) is 0 Å². The van der Waals surface area contributed by atoms with Gasteiger partial charge in [-0.1, -0.05) is 17.7 Å². The highest BCUT2D eigenvalue weighted by atomic mass is 35.5. The Bertz CT molecular complexity index is 774. The van der Waals surface area contributed by atoms with E-state index in [1.807, 2.05) is 6.07 Å². The molecule has 3 heterocycles. The zero-order valence-electron chi connectivity index (χ0n) is 16.2. The molecular formula is C21H27ClFN3O2. The quantitative estimate of drug-likeness (QED) is 0.835. The highest BCUT2D eigenvalue weighted by molar-refractivity contribution is 6.30. The number of fused-ring (bicyclic) bond motifs is 4. The molecule has 152 valence electrons. The average Bonchev–Trinajstić information content (AvgIpc) is 2.65. The van der Waals surface area contributed by atoms with Crippen LogP contribution < -0.4 is 5.32 Å². The number of nitrogens with zero attached hydrogens (tertiary/aromatic N) is 2. The summed E-state index contributed by atoms with van der Waals surface area (Å²) in [5.41, 5.74) is 0.914. The fraction of sp³-hybridized carbons (Fsp3) is 0.619. The minimum atomic E-state index is -0.385. The molecule has 0 aliphatic carbocycles. The van der Waals surface area contributed by atoms with E-state index >= 15 is 0 Å². The molecule has 3 aliphatic rings. The van der Waals surface area contributed by atoms with E-state index in [1.165, 1.54) is 13.0 Å². The lowest BCUT2D eigenvalue weighted by Crippen LogP contribution is -2.66. The van der Waals surface area contributed by atoms with E-state index < -0.39 is 0 Å². The van der Waals surface area contributed by atoms with Gasteiger partial charge in [-0.15, -0.1) is 0 Å². The van der Waals surface area contributed by atoms with E-state index in [0.717, 1.165) is 37.9 Å². The molecule has 1 aromatic carbocycles. The smallest absolute Gasteiger partial charge is 0.223 e. The van der Waals surface area contributed by atoms with Crippen molar-refractivity contribution in [1.82, 2.24) is 15.1 Å². The predicted molar refractivity (Wildman–Crippen MR) is 105 cm³/mol. The molecule has 0 radical (unpaired) electrons. The van der Waals surface area contributed by atoms with Crippen molar-refractivity contribution in [1.29, 1.82) is 0 Å². The second-order valence-corrected chi connectivity index (χ2v) is 8.87. The summed E-state index contributed by atoms with van der Waals surface area (Å²) in [7, 11) is 0. The van der Waals surface area contributed by atoms with Crippen molar-refractivity contribution < 1.29 is 14.0 Å². The molecule has 4 atom stereocenters. The Kier molecular flexibility index (Phi) is 5.61. The van der Waals surface area contributed by atoms with Gasteiger partial charge in [0.05, 0.1) is 11.1 Å². The second kappa shape index (κ2) is 7.99. The third-order valence-electron chi connectivity index (χ3n) is 6.52. The minimum absolute atomic E-state index is 0.0442. The van der Waals surface area contributed by atoms with Crippen LogP contribution in [-0.2, 0) is 16.1 Å². The first-order chi connectivity index (χ1) is 13.4. The molecule has 0 unspecified atom stereocenters. The number of benzene rings is 1. The highest BCUT2D eigenvalue weighted by Crippen LogP contribution is 2.41. The van der Waals surface area contributed by atoms with Crippen LogP contribution in [0.5, 0.6) is 0 Å². The number of hydrogen-bond donors (Lipinski definition) is 1. The fourth-order valence-corrected chi connectivity index (χ4v) is 5.53. The van der Waals surface area contributed by atoms with Crippen LogP contribution >= 0.6 is 11.6 Å². The van der Waals surface area contributed by atoms with Crippen molar-refractivity contribution in [2.75, 3.05) is 19.6 Å². The van der Waals surface area contributed by atoms with Crippen LogP contribution in [0.1, 0.15) is 38.2 Å². The Labute approximate surface area is 170 Å². The molecule has 4 rings (SSSR count). The second-order valence-electron chi connectivity index (χ2n) is 8.46. The molecule has 3 fully saturated rings. The van der Waals surface area contributed by atoms with Crippen molar-refractivity contribution in [2.24, 2.45) is 11.8 Å². The van der Waals surface area contributed by atoms with E-state index in [1.54, 1.807) is 6.07 Å². The normalized spacial score (nSPS) is 30.1. The molecule has 1 N–H and O–H groups in total. The molecule has 2 bridgehead atoms. The average molecular weight is 408 g/mol. The molecular weight excluding hydrogens is 381 g/mol.